The Bertz CT molecular complexity index is 294. The molecule has 0 saturated heterocycles. The molecule has 0 radical (unpaired) electrons. The van der Waals surface area contributed by atoms with Crippen LogP contribution in [0.1, 0.15) is 26.5 Å². The van der Waals surface area contributed by atoms with Crippen molar-refractivity contribution in [2.45, 2.75) is 39.4 Å². The Hall–Kier alpha value is -1.36. The Balaban J connectivity index is 2.29. The van der Waals surface area contributed by atoms with Gasteiger partial charge in [-0.1, -0.05) is 0 Å². The predicted octanol–water partition coefficient (Wildman–Crippen LogP) is 0.412. The third-order valence-electron chi connectivity index (χ3n) is 1.98. The van der Waals surface area contributed by atoms with Crippen molar-refractivity contribution >= 4 is 5.91 Å². The van der Waals surface area contributed by atoms with Crippen LogP contribution in [0.4, 0.5) is 0 Å². The van der Waals surface area contributed by atoms with E-state index in [-0.39, 0.29) is 18.0 Å². The van der Waals surface area contributed by atoms with E-state index in [0.29, 0.717) is 6.54 Å². The summed E-state index contributed by atoms with van der Waals surface area (Å²) >= 11 is 0. The third-order valence-corrected chi connectivity index (χ3v) is 1.98. The molecule has 5 heteroatoms. The molecular weight excluding hydrogens is 192 g/mol. The Kier molecular flexibility index (Phi) is 4.30. The van der Waals surface area contributed by atoms with E-state index < -0.39 is 0 Å². The molecule has 1 heterocycles. The highest BCUT2D eigenvalue weighted by Gasteiger charge is 2.12. The van der Waals surface area contributed by atoms with Crippen LogP contribution in [0, 0.1) is 0 Å². The first-order chi connectivity index (χ1) is 7.09. The van der Waals surface area contributed by atoms with Gasteiger partial charge in [-0.2, -0.15) is 5.10 Å². The summed E-state index contributed by atoms with van der Waals surface area (Å²) in [5, 5.41) is 12.6. The van der Waals surface area contributed by atoms with Gasteiger partial charge in [-0.3, -0.25) is 9.89 Å². The second-order valence-electron chi connectivity index (χ2n) is 3.85. The molecule has 0 fully saturated rings. The first kappa shape index (κ1) is 11.7. The standard InChI is InChI=1S/C10H18N4O/c1-7(2)13-10(15)8(3)11-6-9-4-5-12-14-9/h4-5,7-8,11H,6H2,1-3H3,(H,12,14)(H,13,15). The lowest BCUT2D eigenvalue weighted by atomic mass is 10.2. The normalized spacial score (nSPS) is 12.8. The number of hydrogen-bond acceptors (Lipinski definition) is 3. The van der Waals surface area contributed by atoms with E-state index in [1.165, 1.54) is 0 Å². The molecule has 0 spiro atoms. The highest BCUT2D eigenvalue weighted by atomic mass is 16.2. The topological polar surface area (TPSA) is 69.8 Å². The molecule has 0 aliphatic carbocycles. The summed E-state index contributed by atoms with van der Waals surface area (Å²) in [5.74, 6) is 0.0181. The Morgan fingerprint density at radius 3 is 2.80 bits per heavy atom. The summed E-state index contributed by atoms with van der Waals surface area (Å²) in [5.41, 5.74) is 0.971. The van der Waals surface area contributed by atoms with E-state index in [4.69, 9.17) is 0 Å². The van der Waals surface area contributed by atoms with Crippen LogP contribution < -0.4 is 10.6 Å². The Morgan fingerprint density at radius 1 is 1.53 bits per heavy atom. The summed E-state index contributed by atoms with van der Waals surface area (Å²) in [6.45, 7) is 6.35. The van der Waals surface area contributed by atoms with Gasteiger partial charge in [-0.25, -0.2) is 0 Å². The van der Waals surface area contributed by atoms with E-state index in [2.05, 4.69) is 20.8 Å². The average molecular weight is 210 g/mol. The minimum Gasteiger partial charge on any atom is -0.353 e. The van der Waals surface area contributed by atoms with Crippen molar-refractivity contribution in [2.24, 2.45) is 0 Å². The molecule has 1 aromatic heterocycles. The largest absolute Gasteiger partial charge is 0.353 e. The van der Waals surface area contributed by atoms with E-state index in [1.54, 1.807) is 6.20 Å². The summed E-state index contributed by atoms with van der Waals surface area (Å²) in [6.07, 6.45) is 1.69. The fraction of sp³-hybridized carbons (Fsp3) is 0.600. The number of H-pyrrole nitrogens is 1. The van der Waals surface area contributed by atoms with Crippen molar-refractivity contribution in [1.82, 2.24) is 20.8 Å². The monoisotopic (exact) mass is 210 g/mol. The van der Waals surface area contributed by atoms with Gasteiger partial charge in [-0.15, -0.1) is 0 Å². The molecule has 1 unspecified atom stereocenters. The Morgan fingerprint density at radius 2 is 2.27 bits per heavy atom. The maximum atomic E-state index is 11.5. The maximum absolute atomic E-state index is 11.5. The van der Waals surface area contributed by atoms with Crippen molar-refractivity contribution in [3.05, 3.63) is 18.0 Å². The van der Waals surface area contributed by atoms with Gasteiger partial charge >= 0.3 is 0 Å². The van der Waals surface area contributed by atoms with Crippen molar-refractivity contribution in [1.29, 1.82) is 0 Å². The highest BCUT2D eigenvalue weighted by molar-refractivity contribution is 5.81. The van der Waals surface area contributed by atoms with Gasteiger partial charge in [-0.05, 0) is 26.8 Å². The van der Waals surface area contributed by atoms with Gasteiger partial charge in [0.1, 0.15) is 0 Å². The number of aromatic nitrogens is 2. The molecule has 0 bridgehead atoms. The van der Waals surface area contributed by atoms with Crippen LogP contribution >= 0.6 is 0 Å². The molecule has 5 nitrogen and oxygen atoms in total. The van der Waals surface area contributed by atoms with Crippen LogP contribution in [0.25, 0.3) is 0 Å². The fourth-order valence-electron chi connectivity index (χ4n) is 1.15. The molecule has 0 aromatic carbocycles. The van der Waals surface area contributed by atoms with Crippen LogP contribution in [-0.2, 0) is 11.3 Å². The van der Waals surface area contributed by atoms with Crippen LogP contribution in [-0.4, -0.2) is 28.2 Å². The van der Waals surface area contributed by atoms with E-state index in [1.807, 2.05) is 26.8 Å². The van der Waals surface area contributed by atoms with Crippen LogP contribution in [0.15, 0.2) is 12.3 Å². The third kappa shape index (κ3) is 4.12. The van der Waals surface area contributed by atoms with Gasteiger partial charge in [0, 0.05) is 24.5 Å². The lowest BCUT2D eigenvalue weighted by molar-refractivity contribution is -0.123. The molecule has 1 atom stereocenters. The minimum absolute atomic E-state index is 0.0181. The van der Waals surface area contributed by atoms with Crippen molar-refractivity contribution < 1.29 is 4.79 Å². The minimum atomic E-state index is -0.198. The molecular formula is C10H18N4O. The molecule has 1 amide bonds. The van der Waals surface area contributed by atoms with E-state index in [0.717, 1.165) is 5.69 Å². The molecule has 1 aromatic rings. The van der Waals surface area contributed by atoms with Crippen molar-refractivity contribution in [3.8, 4) is 0 Å². The smallest absolute Gasteiger partial charge is 0.237 e. The number of carbonyl (C=O) groups excluding carboxylic acids is 1. The van der Waals surface area contributed by atoms with E-state index in [9.17, 15) is 4.79 Å². The molecule has 15 heavy (non-hydrogen) atoms. The quantitative estimate of drug-likeness (QED) is 0.659. The summed E-state index contributed by atoms with van der Waals surface area (Å²) in [6, 6.07) is 1.85. The number of hydrogen-bond donors (Lipinski definition) is 3. The summed E-state index contributed by atoms with van der Waals surface area (Å²) < 4.78 is 0. The molecule has 0 aliphatic rings. The fourth-order valence-corrected chi connectivity index (χ4v) is 1.15. The van der Waals surface area contributed by atoms with Gasteiger partial charge in [0.15, 0.2) is 0 Å². The number of rotatable bonds is 5. The lowest BCUT2D eigenvalue weighted by Gasteiger charge is -2.15. The molecule has 1 rings (SSSR count). The van der Waals surface area contributed by atoms with Gasteiger partial charge in [0.2, 0.25) is 5.91 Å². The Labute approximate surface area is 89.6 Å². The summed E-state index contributed by atoms with van der Waals surface area (Å²) in [4.78, 5) is 11.5. The van der Waals surface area contributed by atoms with Gasteiger partial charge < -0.3 is 10.6 Å². The zero-order valence-corrected chi connectivity index (χ0v) is 9.37. The number of nitrogens with one attached hydrogen (secondary N) is 3. The SMILES string of the molecule is CC(C)NC(=O)C(C)NCc1ccn[nH]1. The van der Waals surface area contributed by atoms with Gasteiger partial charge in [0.25, 0.3) is 0 Å². The molecule has 0 aliphatic heterocycles. The first-order valence-electron chi connectivity index (χ1n) is 5.11. The number of carbonyl (C=O) groups is 1. The number of amides is 1. The van der Waals surface area contributed by atoms with E-state index >= 15 is 0 Å². The average Bonchev–Trinajstić information content (AvgIpc) is 2.65. The number of nitrogens with zero attached hydrogens (tertiary/aromatic N) is 1. The molecule has 84 valence electrons. The second kappa shape index (κ2) is 5.50. The van der Waals surface area contributed by atoms with Crippen LogP contribution in [0.5, 0.6) is 0 Å². The predicted molar refractivity (Wildman–Crippen MR) is 58.2 cm³/mol. The van der Waals surface area contributed by atoms with Crippen molar-refractivity contribution in [2.75, 3.05) is 0 Å². The van der Waals surface area contributed by atoms with Crippen LogP contribution in [0.3, 0.4) is 0 Å². The maximum Gasteiger partial charge on any atom is 0.237 e. The van der Waals surface area contributed by atoms with Crippen molar-refractivity contribution in [3.63, 3.8) is 0 Å². The van der Waals surface area contributed by atoms with Gasteiger partial charge in [0.05, 0.1) is 6.04 Å². The molecule has 3 N–H and O–H groups in total. The first-order valence-corrected chi connectivity index (χ1v) is 5.11. The summed E-state index contributed by atoms with van der Waals surface area (Å²) in [7, 11) is 0. The zero-order chi connectivity index (χ0) is 11.3. The lowest BCUT2D eigenvalue weighted by Crippen LogP contribution is -2.44. The highest BCUT2D eigenvalue weighted by Crippen LogP contribution is 1.92. The molecule has 0 saturated carbocycles. The van der Waals surface area contributed by atoms with Crippen LogP contribution in [0.2, 0.25) is 0 Å². The zero-order valence-electron chi connectivity index (χ0n) is 9.37. The second-order valence-corrected chi connectivity index (χ2v) is 3.85. The number of aromatic amines is 1.